The van der Waals surface area contributed by atoms with Gasteiger partial charge in [0, 0.05) is 31.8 Å². The lowest BCUT2D eigenvalue weighted by atomic mass is 9.86. The van der Waals surface area contributed by atoms with Crippen LogP contribution >= 0.6 is 0 Å². The number of benzene rings is 1. The fraction of sp³-hybridized carbons (Fsp3) is 0.385. The van der Waals surface area contributed by atoms with Crippen LogP contribution in [0.4, 0.5) is 0 Å². The molecule has 3 N–H and O–H groups in total. The Morgan fingerprint density at radius 2 is 1.81 bits per heavy atom. The van der Waals surface area contributed by atoms with Gasteiger partial charge in [0.2, 0.25) is 0 Å². The molecule has 86 valence electrons. The lowest BCUT2D eigenvalue weighted by Gasteiger charge is -2.32. The minimum atomic E-state index is -0.743. The molecule has 0 atom stereocenters. The van der Waals surface area contributed by atoms with E-state index in [0.717, 1.165) is 11.1 Å². The number of nitrogens with two attached hydrogens (primary N) is 1. The largest absolute Gasteiger partial charge is 0.399 e. The van der Waals surface area contributed by atoms with E-state index in [0.29, 0.717) is 31.8 Å². The Morgan fingerprint density at radius 3 is 2.31 bits per heavy atom. The summed E-state index contributed by atoms with van der Waals surface area (Å²) >= 11 is 0. The van der Waals surface area contributed by atoms with Gasteiger partial charge >= 0.3 is 0 Å². The molecule has 2 rings (SSSR count). The highest BCUT2D eigenvalue weighted by Crippen LogP contribution is 2.32. The smallest absolute Gasteiger partial charge is 0.0940 e. The lowest BCUT2D eigenvalue weighted by Crippen LogP contribution is -2.33. The van der Waals surface area contributed by atoms with E-state index in [1.54, 1.807) is 0 Å². The van der Waals surface area contributed by atoms with E-state index < -0.39 is 5.60 Å². The number of rotatable bonds is 2. The topological polar surface area (TPSA) is 55.5 Å². The molecule has 0 aliphatic carbocycles. The molecular weight excluding hydrogens is 202 g/mol. The number of ether oxygens (including phenoxy) is 1. The second-order valence-corrected chi connectivity index (χ2v) is 4.25. The van der Waals surface area contributed by atoms with Crippen LogP contribution in [0.25, 0.3) is 5.70 Å². The molecule has 0 amide bonds. The van der Waals surface area contributed by atoms with E-state index in [1.165, 1.54) is 0 Å². The molecule has 0 spiro atoms. The van der Waals surface area contributed by atoms with Gasteiger partial charge in [0.15, 0.2) is 0 Å². The van der Waals surface area contributed by atoms with Gasteiger partial charge in [-0.2, -0.15) is 0 Å². The molecule has 0 saturated carbocycles. The maximum Gasteiger partial charge on any atom is 0.0940 e. The first-order valence-electron chi connectivity index (χ1n) is 5.47. The summed E-state index contributed by atoms with van der Waals surface area (Å²) in [7, 11) is 0. The molecule has 1 aromatic carbocycles. The normalized spacial score (nSPS) is 19.3. The monoisotopic (exact) mass is 219 g/mol. The Bertz CT molecular complexity index is 377. The highest BCUT2D eigenvalue weighted by Gasteiger charge is 2.31. The van der Waals surface area contributed by atoms with Crippen LogP contribution in [0.5, 0.6) is 0 Å². The van der Waals surface area contributed by atoms with Gasteiger partial charge in [0.1, 0.15) is 0 Å². The SMILES string of the molecule is C=C(N)c1ccc(C2(O)CCOCC2)cc1. The molecule has 0 unspecified atom stereocenters. The summed E-state index contributed by atoms with van der Waals surface area (Å²) in [6.07, 6.45) is 1.30. The van der Waals surface area contributed by atoms with Crippen LogP contribution in [-0.4, -0.2) is 18.3 Å². The molecule has 0 aromatic heterocycles. The number of hydrogen-bond acceptors (Lipinski definition) is 3. The summed E-state index contributed by atoms with van der Waals surface area (Å²) in [5.74, 6) is 0. The maximum absolute atomic E-state index is 10.4. The third-order valence-corrected chi connectivity index (χ3v) is 3.11. The lowest BCUT2D eigenvalue weighted by molar-refractivity contribution is -0.0679. The van der Waals surface area contributed by atoms with E-state index >= 15 is 0 Å². The van der Waals surface area contributed by atoms with Gasteiger partial charge in [-0.1, -0.05) is 30.8 Å². The minimum absolute atomic E-state index is 0.547. The molecule has 1 aromatic rings. The third-order valence-electron chi connectivity index (χ3n) is 3.11. The Kier molecular flexibility index (Phi) is 2.99. The van der Waals surface area contributed by atoms with Gasteiger partial charge in [0.25, 0.3) is 0 Å². The molecule has 1 aliphatic heterocycles. The minimum Gasteiger partial charge on any atom is -0.399 e. The standard InChI is InChI=1S/C13H17NO2/c1-10(14)11-2-4-12(5-3-11)13(15)6-8-16-9-7-13/h2-5,15H,1,6-9,14H2. The highest BCUT2D eigenvalue weighted by atomic mass is 16.5. The molecule has 3 nitrogen and oxygen atoms in total. The van der Waals surface area contributed by atoms with Crippen molar-refractivity contribution in [2.24, 2.45) is 5.73 Å². The third kappa shape index (κ3) is 2.10. The van der Waals surface area contributed by atoms with E-state index in [-0.39, 0.29) is 0 Å². The first kappa shape index (κ1) is 11.2. The molecule has 1 saturated heterocycles. The quantitative estimate of drug-likeness (QED) is 0.794. The van der Waals surface area contributed by atoms with Crippen molar-refractivity contribution < 1.29 is 9.84 Å². The van der Waals surface area contributed by atoms with Gasteiger partial charge in [0.05, 0.1) is 5.60 Å². The van der Waals surface area contributed by atoms with Crippen molar-refractivity contribution in [2.75, 3.05) is 13.2 Å². The van der Waals surface area contributed by atoms with Crippen LogP contribution in [0.15, 0.2) is 30.8 Å². The fourth-order valence-corrected chi connectivity index (χ4v) is 1.99. The molecule has 0 radical (unpaired) electrons. The van der Waals surface area contributed by atoms with Crippen molar-refractivity contribution in [3.63, 3.8) is 0 Å². The number of hydrogen-bond donors (Lipinski definition) is 2. The zero-order valence-corrected chi connectivity index (χ0v) is 9.28. The molecule has 3 heteroatoms. The van der Waals surface area contributed by atoms with Crippen LogP contribution in [0.3, 0.4) is 0 Å². The summed E-state index contributed by atoms with van der Waals surface area (Å²) in [5, 5.41) is 10.4. The Labute approximate surface area is 95.5 Å². The maximum atomic E-state index is 10.4. The van der Waals surface area contributed by atoms with Crippen molar-refractivity contribution >= 4 is 5.70 Å². The summed E-state index contributed by atoms with van der Waals surface area (Å²) in [6, 6.07) is 7.62. The predicted molar refractivity (Wildman–Crippen MR) is 63.6 cm³/mol. The Hall–Kier alpha value is -1.32. The summed E-state index contributed by atoms with van der Waals surface area (Å²) in [4.78, 5) is 0. The molecule has 1 heterocycles. The highest BCUT2D eigenvalue weighted by molar-refractivity contribution is 5.60. The van der Waals surface area contributed by atoms with Crippen LogP contribution in [-0.2, 0) is 10.3 Å². The summed E-state index contributed by atoms with van der Waals surface area (Å²) < 4.78 is 5.25. The summed E-state index contributed by atoms with van der Waals surface area (Å²) in [6.45, 7) is 4.91. The first-order valence-corrected chi connectivity index (χ1v) is 5.47. The first-order chi connectivity index (χ1) is 7.62. The van der Waals surface area contributed by atoms with Gasteiger partial charge in [-0.05, 0) is 11.1 Å². The predicted octanol–water partition coefficient (Wildman–Crippen LogP) is 1.61. The zero-order valence-electron chi connectivity index (χ0n) is 9.28. The van der Waals surface area contributed by atoms with E-state index in [4.69, 9.17) is 10.5 Å². The van der Waals surface area contributed by atoms with Gasteiger partial charge in [-0.15, -0.1) is 0 Å². The molecule has 1 aliphatic rings. The van der Waals surface area contributed by atoms with Crippen molar-refractivity contribution in [3.8, 4) is 0 Å². The van der Waals surface area contributed by atoms with Crippen molar-refractivity contribution in [1.82, 2.24) is 0 Å². The van der Waals surface area contributed by atoms with Crippen LogP contribution < -0.4 is 5.73 Å². The van der Waals surface area contributed by atoms with Crippen LogP contribution in [0, 0.1) is 0 Å². The van der Waals surface area contributed by atoms with Crippen LogP contribution in [0.1, 0.15) is 24.0 Å². The van der Waals surface area contributed by atoms with Crippen LogP contribution in [0.2, 0.25) is 0 Å². The van der Waals surface area contributed by atoms with E-state index in [2.05, 4.69) is 6.58 Å². The van der Waals surface area contributed by atoms with Crippen molar-refractivity contribution in [1.29, 1.82) is 0 Å². The van der Waals surface area contributed by atoms with E-state index in [9.17, 15) is 5.11 Å². The molecule has 0 bridgehead atoms. The second kappa shape index (κ2) is 4.28. The summed E-state index contributed by atoms with van der Waals surface area (Å²) in [5.41, 5.74) is 7.24. The van der Waals surface area contributed by atoms with Gasteiger partial charge < -0.3 is 15.6 Å². The van der Waals surface area contributed by atoms with Gasteiger partial charge in [-0.3, -0.25) is 0 Å². The molecule has 1 fully saturated rings. The van der Waals surface area contributed by atoms with Crippen molar-refractivity contribution in [2.45, 2.75) is 18.4 Å². The van der Waals surface area contributed by atoms with Crippen molar-refractivity contribution in [3.05, 3.63) is 42.0 Å². The zero-order chi connectivity index (χ0) is 11.6. The van der Waals surface area contributed by atoms with Gasteiger partial charge in [-0.25, -0.2) is 0 Å². The van der Waals surface area contributed by atoms with E-state index in [1.807, 2.05) is 24.3 Å². The number of aliphatic hydroxyl groups is 1. The molecular formula is C13H17NO2. The average molecular weight is 219 g/mol. The average Bonchev–Trinajstić information content (AvgIpc) is 2.30. The molecule has 16 heavy (non-hydrogen) atoms. The second-order valence-electron chi connectivity index (χ2n) is 4.25. The Morgan fingerprint density at radius 1 is 1.25 bits per heavy atom. The fourth-order valence-electron chi connectivity index (χ4n) is 1.99. The Balaban J connectivity index is 2.23.